The van der Waals surface area contributed by atoms with E-state index in [4.69, 9.17) is 14.2 Å². The summed E-state index contributed by atoms with van der Waals surface area (Å²) in [6, 6.07) is 0. The van der Waals surface area contributed by atoms with Crippen LogP contribution in [0.5, 0.6) is 0 Å². The highest BCUT2D eigenvalue weighted by Crippen LogP contribution is 2.06. The molecule has 0 bridgehead atoms. The lowest BCUT2D eigenvalue weighted by Gasteiger charge is -2.18. The van der Waals surface area contributed by atoms with E-state index < -0.39 is 12.6 Å². The van der Waals surface area contributed by atoms with Crippen LogP contribution in [0, 0.1) is 0 Å². The molecule has 0 aromatic carbocycles. The molecule has 108 valence electrons. The maximum absolute atomic E-state index is 10.2. The lowest BCUT2D eigenvalue weighted by atomic mass is 10.3. The summed E-state index contributed by atoms with van der Waals surface area (Å²) in [6.07, 6.45) is 10.0. The quantitative estimate of drug-likeness (QED) is 0.235. The van der Waals surface area contributed by atoms with E-state index in [1.165, 1.54) is 14.2 Å². The molecule has 2 unspecified atom stereocenters. The van der Waals surface area contributed by atoms with E-state index in [1.807, 2.05) is 12.2 Å². The Labute approximate surface area is 114 Å². The number of hydrogen-bond donors (Lipinski definition) is 0. The van der Waals surface area contributed by atoms with Crippen LogP contribution < -0.4 is 0 Å². The number of aldehydes is 2. The molecule has 19 heavy (non-hydrogen) atoms. The third-order valence-electron chi connectivity index (χ3n) is 2.22. The molecule has 0 aromatic heterocycles. The van der Waals surface area contributed by atoms with Crippen molar-refractivity contribution in [3.05, 3.63) is 24.3 Å². The fraction of sp³-hybridized carbons (Fsp3) is 0.571. The van der Waals surface area contributed by atoms with Gasteiger partial charge in [0.1, 0.15) is 12.6 Å². The van der Waals surface area contributed by atoms with E-state index in [-0.39, 0.29) is 0 Å². The molecule has 0 aliphatic heterocycles. The van der Waals surface area contributed by atoms with Crippen LogP contribution in [0.15, 0.2) is 24.3 Å². The molecule has 0 fully saturated rings. The summed E-state index contributed by atoms with van der Waals surface area (Å²) in [5.41, 5.74) is 0. The highest BCUT2D eigenvalue weighted by molar-refractivity contribution is 5.49. The minimum absolute atomic E-state index is 0.478. The summed E-state index contributed by atoms with van der Waals surface area (Å²) >= 11 is 0. The van der Waals surface area contributed by atoms with Crippen LogP contribution in [0.4, 0.5) is 0 Å². The number of allylic oxidation sites excluding steroid dienone is 2. The zero-order valence-electron chi connectivity index (χ0n) is 11.5. The third-order valence-corrected chi connectivity index (χ3v) is 2.22. The van der Waals surface area contributed by atoms with Gasteiger partial charge in [-0.1, -0.05) is 12.2 Å². The molecular weight excluding hydrogens is 248 g/mol. The predicted octanol–water partition coefficient (Wildman–Crippen LogP) is 2.02. The van der Waals surface area contributed by atoms with Crippen LogP contribution in [-0.4, -0.2) is 39.4 Å². The molecular formula is C14H22O5. The van der Waals surface area contributed by atoms with E-state index in [2.05, 4.69) is 0 Å². The monoisotopic (exact) mass is 270 g/mol. The molecule has 0 saturated heterocycles. The Kier molecular flexibility index (Phi) is 12.2. The smallest absolute Gasteiger partial charge is 0.179 e. The average molecular weight is 270 g/mol. The Balaban J connectivity index is 4.15. The summed E-state index contributed by atoms with van der Waals surface area (Å²) in [5, 5.41) is 0. The van der Waals surface area contributed by atoms with Gasteiger partial charge in [-0.2, -0.15) is 0 Å². The van der Waals surface area contributed by atoms with E-state index >= 15 is 0 Å². The van der Waals surface area contributed by atoms with Gasteiger partial charge in [-0.25, -0.2) is 0 Å². The molecule has 0 heterocycles. The molecule has 5 heteroatoms. The van der Waals surface area contributed by atoms with Crippen LogP contribution in [0.1, 0.15) is 25.7 Å². The highest BCUT2D eigenvalue weighted by Gasteiger charge is 2.09. The second kappa shape index (κ2) is 13.1. The zero-order chi connectivity index (χ0) is 14.3. The fourth-order valence-corrected chi connectivity index (χ4v) is 1.23. The van der Waals surface area contributed by atoms with Crippen molar-refractivity contribution >= 4 is 12.6 Å². The van der Waals surface area contributed by atoms with Crippen molar-refractivity contribution in [1.29, 1.82) is 0 Å². The number of carbonyl (C=O) groups is 2. The molecule has 0 aromatic rings. The van der Waals surface area contributed by atoms with Gasteiger partial charge in [0.2, 0.25) is 0 Å². The van der Waals surface area contributed by atoms with Crippen molar-refractivity contribution in [3.63, 3.8) is 0 Å². The van der Waals surface area contributed by atoms with E-state index in [9.17, 15) is 9.59 Å². The van der Waals surface area contributed by atoms with Gasteiger partial charge in [0.25, 0.3) is 0 Å². The van der Waals surface area contributed by atoms with E-state index in [1.54, 1.807) is 12.2 Å². The number of unbranched alkanes of at least 4 members (excludes halogenated alkanes) is 2. The van der Waals surface area contributed by atoms with Crippen LogP contribution in [0.3, 0.4) is 0 Å². The summed E-state index contributed by atoms with van der Waals surface area (Å²) in [5.74, 6) is 0. The standard InChI is InChI=1S/C14H22O5/c1-17-13(9-5-3-7-11-15)19-14(18-2)10-6-4-8-12-16/h5-6,9-14H,3-4,7-8H2,1-2H3. The summed E-state index contributed by atoms with van der Waals surface area (Å²) in [6.45, 7) is 0. The van der Waals surface area contributed by atoms with E-state index in [0.29, 0.717) is 25.7 Å². The van der Waals surface area contributed by atoms with Crippen molar-refractivity contribution in [2.24, 2.45) is 0 Å². The average Bonchev–Trinajstić information content (AvgIpc) is 2.44. The van der Waals surface area contributed by atoms with Gasteiger partial charge in [-0.3, -0.25) is 0 Å². The van der Waals surface area contributed by atoms with Crippen molar-refractivity contribution < 1.29 is 23.8 Å². The Morgan fingerprint density at radius 3 is 1.53 bits per heavy atom. The first-order valence-corrected chi connectivity index (χ1v) is 6.20. The highest BCUT2D eigenvalue weighted by atomic mass is 16.8. The third kappa shape index (κ3) is 10.3. The zero-order valence-corrected chi connectivity index (χ0v) is 11.5. The summed E-state index contributed by atoms with van der Waals surface area (Å²) < 4.78 is 15.8. The van der Waals surface area contributed by atoms with Crippen molar-refractivity contribution in [2.75, 3.05) is 14.2 Å². The second-order valence-electron chi connectivity index (χ2n) is 3.69. The van der Waals surface area contributed by atoms with Crippen LogP contribution in [0.25, 0.3) is 0 Å². The normalized spacial score (nSPS) is 14.8. The van der Waals surface area contributed by atoms with Crippen molar-refractivity contribution in [1.82, 2.24) is 0 Å². The Morgan fingerprint density at radius 1 is 0.789 bits per heavy atom. The Hall–Kier alpha value is -1.30. The summed E-state index contributed by atoms with van der Waals surface area (Å²) in [4.78, 5) is 20.3. The maximum Gasteiger partial charge on any atom is 0.179 e. The van der Waals surface area contributed by atoms with Crippen LogP contribution in [0.2, 0.25) is 0 Å². The molecule has 0 N–H and O–H groups in total. The van der Waals surface area contributed by atoms with Gasteiger partial charge in [0, 0.05) is 27.1 Å². The first-order chi connectivity index (χ1) is 9.28. The molecule has 0 spiro atoms. The molecule has 0 aliphatic carbocycles. The van der Waals surface area contributed by atoms with Gasteiger partial charge in [-0.05, 0) is 25.0 Å². The SMILES string of the molecule is COC(C=CCCC=O)OC(C=CCCC=O)OC. The Morgan fingerprint density at radius 2 is 1.21 bits per heavy atom. The molecule has 0 rings (SSSR count). The van der Waals surface area contributed by atoms with Gasteiger partial charge >= 0.3 is 0 Å². The first-order valence-electron chi connectivity index (χ1n) is 6.20. The number of ether oxygens (including phenoxy) is 3. The number of carbonyl (C=O) groups excluding carboxylic acids is 2. The Bertz CT molecular complexity index is 258. The molecule has 0 radical (unpaired) electrons. The van der Waals surface area contributed by atoms with E-state index in [0.717, 1.165) is 12.6 Å². The van der Waals surface area contributed by atoms with Gasteiger partial charge < -0.3 is 23.8 Å². The predicted molar refractivity (Wildman–Crippen MR) is 71.6 cm³/mol. The molecule has 0 saturated carbocycles. The molecule has 5 nitrogen and oxygen atoms in total. The minimum Gasteiger partial charge on any atom is -0.352 e. The topological polar surface area (TPSA) is 61.8 Å². The molecule has 0 aliphatic rings. The van der Waals surface area contributed by atoms with Crippen LogP contribution >= 0.6 is 0 Å². The molecule has 0 amide bonds. The second-order valence-corrected chi connectivity index (χ2v) is 3.69. The van der Waals surface area contributed by atoms with Gasteiger partial charge in [0.05, 0.1) is 0 Å². The molecule has 2 atom stereocenters. The van der Waals surface area contributed by atoms with Crippen molar-refractivity contribution in [2.45, 2.75) is 38.3 Å². The fourth-order valence-electron chi connectivity index (χ4n) is 1.23. The summed E-state index contributed by atoms with van der Waals surface area (Å²) in [7, 11) is 3.05. The van der Waals surface area contributed by atoms with Gasteiger partial charge in [0.15, 0.2) is 12.6 Å². The first kappa shape index (κ1) is 17.7. The minimum atomic E-state index is -0.535. The van der Waals surface area contributed by atoms with Crippen molar-refractivity contribution in [3.8, 4) is 0 Å². The number of methoxy groups -OCH3 is 2. The van der Waals surface area contributed by atoms with Crippen LogP contribution in [-0.2, 0) is 23.8 Å². The number of rotatable bonds is 12. The maximum atomic E-state index is 10.2. The largest absolute Gasteiger partial charge is 0.352 e. The lowest BCUT2D eigenvalue weighted by Crippen LogP contribution is -2.22. The lowest BCUT2D eigenvalue weighted by molar-refractivity contribution is -0.188. The number of hydrogen-bond acceptors (Lipinski definition) is 5. The van der Waals surface area contributed by atoms with Gasteiger partial charge in [-0.15, -0.1) is 0 Å².